The lowest BCUT2D eigenvalue weighted by Crippen LogP contribution is -2.13. The highest BCUT2D eigenvalue weighted by molar-refractivity contribution is 7.99. The summed E-state index contributed by atoms with van der Waals surface area (Å²) in [7, 11) is 0. The van der Waals surface area contributed by atoms with Crippen molar-refractivity contribution in [1.29, 1.82) is 0 Å². The van der Waals surface area contributed by atoms with Gasteiger partial charge in [-0.3, -0.25) is 14.2 Å². The maximum atomic E-state index is 13.3. The van der Waals surface area contributed by atoms with Crippen molar-refractivity contribution in [3.05, 3.63) is 51.7 Å². The Bertz CT molecular complexity index is 720. The second-order valence-electron chi connectivity index (χ2n) is 3.70. The van der Waals surface area contributed by atoms with Crippen LogP contribution in [0.1, 0.15) is 0 Å². The monoisotopic (exact) mass is 314 g/mol. The van der Waals surface area contributed by atoms with Crippen LogP contribution in [0.25, 0.3) is 5.69 Å². The molecule has 0 saturated carbocycles. The van der Waals surface area contributed by atoms with E-state index in [9.17, 15) is 14.0 Å². The highest BCUT2D eigenvalue weighted by Crippen LogP contribution is 2.25. The molecule has 1 aromatic carbocycles. The first-order valence-corrected chi connectivity index (χ1v) is 6.73. The lowest BCUT2D eigenvalue weighted by Gasteiger charge is -2.12. The van der Waals surface area contributed by atoms with Crippen LogP contribution in [0.5, 0.6) is 0 Å². The van der Waals surface area contributed by atoms with Gasteiger partial charge >= 0.3 is 5.97 Å². The third-order valence-corrected chi connectivity index (χ3v) is 3.53. The summed E-state index contributed by atoms with van der Waals surface area (Å²) in [5.41, 5.74) is -0.228. The highest BCUT2D eigenvalue weighted by Gasteiger charge is 2.11. The van der Waals surface area contributed by atoms with E-state index in [-0.39, 0.29) is 21.6 Å². The highest BCUT2D eigenvalue weighted by atomic mass is 35.5. The number of carbonyl (C=O) groups is 1. The van der Waals surface area contributed by atoms with Crippen LogP contribution in [0.4, 0.5) is 4.39 Å². The van der Waals surface area contributed by atoms with Gasteiger partial charge in [-0.1, -0.05) is 23.4 Å². The number of aliphatic carboxylic acids is 1. The fourth-order valence-corrected chi connectivity index (χ4v) is 2.38. The molecule has 0 spiro atoms. The van der Waals surface area contributed by atoms with E-state index >= 15 is 0 Å². The smallest absolute Gasteiger partial charge is 0.313 e. The summed E-state index contributed by atoms with van der Waals surface area (Å²) < 4.78 is 14.7. The van der Waals surface area contributed by atoms with Crippen molar-refractivity contribution in [2.24, 2.45) is 0 Å². The Morgan fingerprint density at radius 1 is 1.45 bits per heavy atom. The second kappa shape index (κ2) is 6.06. The molecular formula is C12H8ClFN2O3S. The summed E-state index contributed by atoms with van der Waals surface area (Å²) in [6.07, 6.45) is 1.38. The normalized spacial score (nSPS) is 10.5. The molecule has 0 fully saturated rings. The van der Waals surface area contributed by atoms with Crippen LogP contribution in [-0.2, 0) is 4.79 Å². The predicted octanol–water partition coefficient (Wildman–Crippen LogP) is 2.20. The van der Waals surface area contributed by atoms with Crippen molar-refractivity contribution in [3.8, 4) is 5.69 Å². The number of hydrogen-bond acceptors (Lipinski definition) is 4. The average Bonchev–Trinajstić information content (AvgIpc) is 2.39. The Morgan fingerprint density at radius 3 is 2.90 bits per heavy atom. The van der Waals surface area contributed by atoms with Crippen LogP contribution >= 0.6 is 23.4 Å². The zero-order valence-electron chi connectivity index (χ0n) is 9.92. The standard InChI is InChI=1S/C12H8ClFN2O3S/c13-8-2-1-7(14)5-9(8)16-4-3-10(17)15-12(16)20-6-11(18)19/h1-5H,6H2,(H,18,19). The van der Waals surface area contributed by atoms with E-state index in [1.165, 1.54) is 35.0 Å². The summed E-state index contributed by atoms with van der Waals surface area (Å²) >= 11 is 6.84. The Labute approximate surface area is 122 Å². The predicted molar refractivity (Wildman–Crippen MR) is 73.2 cm³/mol. The number of halogens is 2. The molecule has 0 aliphatic carbocycles. The maximum absolute atomic E-state index is 13.3. The molecule has 5 nitrogen and oxygen atoms in total. The maximum Gasteiger partial charge on any atom is 0.313 e. The number of aromatic nitrogens is 2. The van der Waals surface area contributed by atoms with Crippen molar-refractivity contribution in [3.63, 3.8) is 0 Å². The fraction of sp³-hybridized carbons (Fsp3) is 0.0833. The molecule has 0 aliphatic heterocycles. The number of hydrogen-bond donors (Lipinski definition) is 1. The zero-order chi connectivity index (χ0) is 14.7. The van der Waals surface area contributed by atoms with Gasteiger partial charge in [0, 0.05) is 12.3 Å². The Morgan fingerprint density at radius 2 is 2.20 bits per heavy atom. The van der Waals surface area contributed by atoms with Crippen LogP contribution in [0.15, 0.2) is 40.4 Å². The Hall–Kier alpha value is -1.86. The van der Waals surface area contributed by atoms with Gasteiger partial charge < -0.3 is 5.11 Å². The van der Waals surface area contributed by atoms with Gasteiger partial charge in [-0.05, 0) is 18.2 Å². The van der Waals surface area contributed by atoms with E-state index in [1.807, 2.05) is 0 Å². The second-order valence-corrected chi connectivity index (χ2v) is 5.05. The van der Waals surface area contributed by atoms with Gasteiger partial charge in [-0.15, -0.1) is 0 Å². The molecule has 0 amide bonds. The summed E-state index contributed by atoms with van der Waals surface area (Å²) in [6.45, 7) is 0. The summed E-state index contributed by atoms with van der Waals surface area (Å²) in [6, 6.07) is 4.94. The molecule has 0 saturated heterocycles. The van der Waals surface area contributed by atoms with Crippen molar-refractivity contribution in [2.45, 2.75) is 5.16 Å². The minimum absolute atomic E-state index is 0.132. The first kappa shape index (κ1) is 14.5. The first-order chi connectivity index (χ1) is 9.47. The van der Waals surface area contributed by atoms with Gasteiger partial charge in [-0.2, -0.15) is 4.98 Å². The van der Waals surface area contributed by atoms with Crippen molar-refractivity contribution >= 4 is 29.3 Å². The molecule has 2 rings (SSSR count). The molecule has 1 N–H and O–H groups in total. The van der Waals surface area contributed by atoms with Gasteiger partial charge in [0.1, 0.15) is 5.82 Å². The fourth-order valence-electron chi connectivity index (χ4n) is 1.47. The van der Waals surface area contributed by atoms with E-state index in [2.05, 4.69) is 4.98 Å². The molecular weight excluding hydrogens is 307 g/mol. The first-order valence-electron chi connectivity index (χ1n) is 5.37. The van der Waals surface area contributed by atoms with Crippen molar-refractivity contribution < 1.29 is 14.3 Å². The van der Waals surface area contributed by atoms with E-state index in [0.717, 1.165) is 11.8 Å². The molecule has 0 bridgehead atoms. The summed E-state index contributed by atoms with van der Waals surface area (Å²) in [4.78, 5) is 25.6. The van der Waals surface area contributed by atoms with Crippen LogP contribution < -0.4 is 5.56 Å². The minimum atomic E-state index is -1.05. The van der Waals surface area contributed by atoms with E-state index in [4.69, 9.17) is 16.7 Å². The lowest BCUT2D eigenvalue weighted by atomic mass is 10.3. The third-order valence-electron chi connectivity index (χ3n) is 2.27. The number of benzene rings is 1. The van der Waals surface area contributed by atoms with Crippen molar-refractivity contribution in [1.82, 2.24) is 9.55 Å². The van der Waals surface area contributed by atoms with E-state index in [0.29, 0.717) is 0 Å². The molecule has 1 aromatic heterocycles. The number of rotatable bonds is 4. The van der Waals surface area contributed by atoms with Gasteiger partial charge in [-0.25, -0.2) is 4.39 Å². The topological polar surface area (TPSA) is 72.2 Å². The van der Waals surface area contributed by atoms with Gasteiger partial charge in [0.2, 0.25) is 0 Å². The summed E-state index contributed by atoms with van der Waals surface area (Å²) in [5.74, 6) is -1.83. The molecule has 1 heterocycles. The SMILES string of the molecule is O=C(O)CSc1nc(=O)ccn1-c1cc(F)ccc1Cl. The Balaban J connectivity index is 2.52. The Kier molecular flexibility index (Phi) is 4.41. The number of carboxylic acid groups (broad SMARTS) is 1. The van der Waals surface area contributed by atoms with Crippen molar-refractivity contribution in [2.75, 3.05) is 5.75 Å². The van der Waals surface area contributed by atoms with Gasteiger partial charge in [0.25, 0.3) is 5.56 Å². The quantitative estimate of drug-likeness (QED) is 0.692. The molecule has 8 heteroatoms. The number of thioether (sulfide) groups is 1. The number of carboxylic acids is 1. The van der Waals surface area contributed by atoms with E-state index in [1.54, 1.807) is 0 Å². The van der Waals surface area contributed by atoms with Crippen LogP contribution in [-0.4, -0.2) is 26.4 Å². The zero-order valence-corrected chi connectivity index (χ0v) is 11.5. The van der Waals surface area contributed by atoms with Gasteiger partial charge in [0.05, 0.1) is 16.5 Å². The molecule has 0 atom stereocenters. The largest absolute Gasteiger partial charge is 0.481 e. The van der Waals surface area contributed by atoms with Gasteiger partial charge in [0.15, 0.2) is 5.16 Å². The molecule has 104 valence electrons. The average molecular weight is 315 g/mol. The molecule has 0 radical (unpaired) electrons. The van der Waals surface area contributed by atoms with E-state index < -0.39 is 17.3 Å². The summed E-state index contributed by atoms with van der Waals surface area (Å²) in [5, 5.41) is 9.07. The number of nitrogens with zero attached hydrogens (tertiary/aromatic N) is 2. The van der Waals surface area contributed by atoms with Crippen LogP contribution in [0.2, 0.25) is 5.02 Å². The van der Waals surface area contributed by atoms with Crippen LogP contribution in [0.3, 0.4) is 0 Å². The molecule has 2 aromatic rings. The molecule has 0 unspecified atom stereocenters. The van der Waals surface area contributed by atoms with Crippen LogP contribution in [0, 0.1) is 5.82 Å². The third kappa shape index (κ3) is 3.37. The lowest BCUT2D eigenvalue weighted by molar-refractivity contribution is -0.133. The molecule has 20 heavy (non-hydrogen) atoms. The molecule has 0 aliphatic rings. The minimum Gasteiger partial charge on any atom is -0.481 e.